The molecule has 0 radical (unpaired) electrons. The van der Waals surface area contributed by atoms with Crippen molar-refractivity contribution in [2.45, 2.75) is 25.2 Å². The Hall–Kier alpha value is -2.94. The Labute approximate surface area is 203 Å². The van der Waals surface area contributed by atoms with Crippen molar-refractivity contribution in [1.29, 1.82) is 0 Å². The molecule has 3 heterocycles. The topological polar surface area (TPSA) is 90.6 Å². The molecule has 5 rings (SSSR count). The average Bonchev–Trinajstić information content (AvgIpc) is 3.24. The standard InChI is InChI=1S/C25H28ClN5O3/c1-16-13-18(4-6-21(16)31-11-12-34-15-22(31)32)27-24(33)25(7-9-30(2)10-8-25)23-28-19-5-3-17(26)14-20(19)29-23/h3-6,13-14H,7-12,15H2,1-2H3,(H,27,33)(H,28,29). The van der Waals surface area contributed by atoms with Crippen molar-refractivity contribution in [3.63, 3.8) is 0 Å². The van der Waals surface area contributed by atoms with Crippen LogP contribution in [0, 0.1) is 6.92 Å². The maximum absolute atomic E-state index is 13.8. The van der Waals surface area contributed by atoms with Gasteiger partial charge >= 0.3 is 0 Å². The maximum Gasteiger partial charge on any atom is 0.253 e. The van der Waals surface area contributed by atoms with Gasteiger partial charge in [0.25, 0.3) is 5.91 Å². The van der Waals surface area contributed by atoms with Gasteiger partial charge in [-0.1, -0.05) is 11.6 Å². The monoisotopic (exact) mass is 481 g/mol. The van der Waals surface area contributed by atoms with Gasteiger partial charge in [-0.05, 0) is 81.9 Å². The second kappa shape index (κ2) is 9.02. The molecule has 178 valence electrons. The lowest BCUT2D eigenvalue weighted by Gasteiger charge is -2.38. The molecule has 2 fully saturated rings. The number of anilines is 2. The molecule has 2 saturated heterocycles. The fourth-order valence-corrected chi connectivity index (χ4v) is 5.01. The summed E-state index contributed by atoms with van der Waals surface area (Å²) in [6.45, 7) is 4.67. The highest BCUT2D eigenvalue weighted by Gasteiger charge is 2.45. The van der Waals surface area contributed by atoms with Crippen LogP contribution in [-0.4, -0.2) is 66.6 Å². The summed E-state index contributed by atoms with van der Waals surface area (Å²) in [6.07, 6.45) is 1.31. The van der Waals surface area contributed by atoms with E-state index in [2.05, 4.69) is 22.2 Å². The number of aromatic amines is 1. The summed E-state index contributed by atoms with van der Waals surface area (Å²) in [6, 6.07) is 11.2. The van der Waals surface area contributed by atoms with E-state index in [9.17, 15) is 9.59 Å². The van der Waals surface area contributed by atoms with Crippen LogP contribution in [0.25, 0.3) is 11.0 Å². The van der Waals surface area contributed by atoms with Gasteiger partial charge in [-0.15, -0.1) is 0 Å². The molecule has 0 unspecified atom stereocenters. The number of benzene rings is 2. The molecule has 2 amide bonds. The summed E-state index contributed by atoms with van der Waals surface area (Å²) in [5.74, 6) is 0.532. The minimum Gasteiger partial charge on any atom is -0.370 e. The molecule has 34 heavy (non-hydrogen) atoms. The third-order valence-corrected chi connectivity index (χ3v) is 7.14. The summed E-state index contributed by atoms with van der Waals surface area (Å²) in [7, 11) is 2.06. The van der Waals surface area contributed by atoms with Crippen LogP contribution in [0.15, 0.2) is 36.4 Å². The first-order chi connectivity index (χ1) is 16.4. The van der Waals surface area contributed by atoms with Crippen LogP contribution in [0.4, 0.5) is 11.4 Å². The molecular weight excluding hydrogens is 454 g/mol. The van der Waals surface area contributed by atoms with Crippen molar-refractivity contribution >= 4 is 45.8 Å². The lowest BCUT2D eigenvalue weighted by molar-refractivity contribution is -0.126. The van der Waals surface area contributed by atoms with Gasteiger partial charge < -0.3 is 24.8 Å². The smallest absolute Gasteiger partial charge is 0.253 e. The number of carbonyl (C=O) groups is 2. The van der Waals surface area contributed by atoms with Gasteiger partial charge in [0.1, 0.15) is 17.8 Å². The molecule has 0 spiro atoms. The number of ether oxygens (including phenoxy) is 1. The summed E-state index contributed by atoms with van der Waals surface area (Å²) < 4.78 is 5.24. The molecule has 0 saturated carbocycles. The minimum atomic E-state index is -0.773. The Morgan fingerprint density at radius 1 is 1.18 bits per heavy atom. The van der Waals surface area contributed by atoms with Crippen molar-refractivity contribution in [1.82, 2.24) is 14.9 Å². The van der Waals surface area contributed by atoms with Crippen molar-refractivity contribution in [3.8, 4) is 0 Å². The third-order valence-electron chi connectivity index (χ3n) is 6.90. The van der Waals surface area contributed by atoms with E-state index >= 15 is 0 Å². The molecule has 0 atom stereocenters. The Kier molecular flexibility index (Phi) is 6.06. The summed E-state index contributed by atoms with van der Waals surface area (Å²) in [5.41, 5.74) is 3.30. The first-order valence-electron chi connectivity index (χ1n) is 11.5. The lowest BCUT2D eigenvalue weighted by atomic mass is 9.76. The van der Waals surface area contributed by atoms with Crippen molar-refractivity contribution in [3.05, 3.63) is 52.8 Å². The van der Waals surface area contributed by atoms with E-state index in [1.807, 2.05) is 37.3 Å². The predicted octanol–water partition coefficient (Wildman–Crippen LogP) is 3.49. The number of aromatic nitrogens is 2. The van der Waals surface area contributed by atoms with E-state index in [1.54, 1.807) is 11.0 Å². The number of halogens is 1. The number of hydrogen-bond acceptors (Lipinski definition) is 5. The molecule has 2 aliphatic heterocycles. The second-order valence-electron chi connectivity index (χ2n) is 9.19. The Balaban J connectivity index is 1.44. The normalized spacial score (nSPS) is 18.9. The zero-order chi connectivity index (χ0) is 23.9. The van der Waals surface area contributed by atoms with Crippen molar-refractivity contribution in [2.24, 2.45) is 0 Å². The number of piperidine rings is 1. The van der Waals surface area contributed by atoms with Gasteiger partial charge in [0.05, 0.1) is 17.6 Å². The molecule has 0 bridgehead atoms. The number of morpholine rings is 1. The van der Waals surface area contributed by atoms with E-state index in [1.165, 1.54) is 0 Å². The Morgan fingerprint density at radius 3 is 2.71 bits per heavy atom. The van der Waals surface area contributed by atoms with Gasteiger partial charge in [-0.3, -0.25) is 9.59 Å². The molecule has 8 nitrogen and oxygen atoms in total. The number of likely N-dealkylation sites (tertiary alicyclic amines) is 1. The molecule has 9 heteroatoms. The van der Waals surface area contributed by atoms with E-state index in [4.69, 9.17) is 21.3 Å². The molecule has 2 aliphatic rings. The van der Waals surface area contributed by atoms with Gasteiger partial charge in [-0.25, -0.2) is 4.98 Å². The summed E-state index contributed by atoms with van der Waals surface area (Å²) >= 11 is 6.16. The van der Waals surface area contributed by atoms with Crippen molar-refractivity contribution in [2.75, 3.05) is 50.1 Å². The zero-order valence-electron chi connectivity index (χ0n) is 19.4. The predicted molar refractivity (Wildman–Crippen MR) is 132 cm³/mol. The molecule has 1 aromatic heterocycles. The Morgan fingerprint density at radius 2 is 1.97 bits per heavy atom. The van der Waals surface area contributed by atoms with Crippen LogP contribution in [0.3, 0.4) is 0 Å². The highest BCUT2D eigenvalue weighted by molar-refractivity contribution is 6.31. The SMILES string of the molecule is Cc1cc(NC(=O)C2(c3nc4ccc(Cl)cc4[nH]3)CCN(C)CC2)ccc1N1CCOCC1=O. The molecule has 0 aliphatic carbocycles. The number of H-pyrrole nitrogens is 1. The van der Waals surface area contributed by atoms with Gasteiger partial charge in [0.2, 0.25) is 5.91 Å². The Bertz CT molecular complexity index is 1250. The van der Waals surface area contributed by atoms with Gasteiger partial charge in [0, 0.05) is 22.9 Å². The summed E-state index contributed by atoms with van der Waals surface area (Å²) in [4.78, 5) is 38.2. The molecule has 2 aromatic carbocycles. The van der Waals surface area contributed by atoms with E-state index in [0.29, 0.717) is 42.5 Å². The van der Waals surface area contributed by atoms with Crippen LogP contribution in [-0.2, 0) is 19.7 Å². The average molecular weight is 482 g/mol. The van der Waals surface area contributed by atoms with Crippen molar-refractivity contribution < 1.29 is 14.3 Å². The highest BCUT2D eigenvalue weighted by Crippen LogP contribution is 2.37. The highest BCUT2D eigenvalue weighted by atomic mass is 35.5. The lowest BCUT2D eigenvalue weighted by Crippen LogP contribution is -2.49. The van der Waals surface area contributed by atoms with Gasteiger partial charge in [0.15, 0.2) is 0 Å². The first-order valence-corrected chi connectivity index (χ1v) is 11.9. The number of nitrogens with one attached hydrogen (secondary N) is 2. The van der Waals surface area contributed by atoms with E-state index < -0.39 is 5.41 Å². The fraction of sp³-hybridized carbons (Fsp3) is 0.400. The number of carbonyl (C=O) groups excluding carboxylic acids is 2. The second-order valence-corrected chi connectivity index (χ2v) is 9.62. The zero-order valence-corrected chi connectivity index (χ0v) is 20.1. The fourth-order valence-electron chi connectivity index (χ4n) is 4.84. The largest absolute Gasteiger partial charge is 0.370 e. The number of fused-ring (bicyclic) bond motifs is 1. The number of aryl methyl sites for hydroxylation is 1. The van der Waals surface area contributed by atoms with Crippen LogP contribution in [0.5, 0.6) is 0 Å². The van der Waals surface area contributed by atoms with Crippen LogP contribution in [0.1, 0.15) is 24.2 Å². The number of nitrogens with zero attached hydrogens (tertiary/aromatic N) is 3. The van der Waals surface area contributed by atoms with Crippen LogP contribution >= 0.6 is 11.6 Å². The van der Waals surface area contributed by atoms with E-state index in [-0.39, 0.29) is 18.4 Å². The quantitative estimate of drug-likeness (QED) is 0.595. The van der Waals surface area contributed by atoms with Gasteiger partial charge in [-0.2, -0.15) is 0 Å². The third kappa shape index (κ3) is 4.17. The van der Waals surface area contributed by atoms with E-state index in [0.717, 1.165) is 35.4 Å². The number of imidazole rings is 1. The molecule has 3 aromatic rings. The summed E-state index contributed by atoms with van der Waals surface area (Å²) in [5, 5.41) is 3.76. The number of amides is 2. The number of rotatable bonds is 4. The van der Waals surface area contributed by atoms with Crippen LogP contribution < -0.4 is 10.2 Å². The molecule has 2 N–H and O–H groups in total. The number of hydrogen-bond donors (Lipinski definition) is 2. The minimum absolute atomic E-state index is 0.0543. The molecular formula is C25H28ClN5O3. The first kappa shape index (κ1) is 22.8. The maximum atomic E-state index is 13.8. The van der Waals surface area contributed by atoms with Crippen LogP contribution in [0.2, 0.25) is 5.02 Å².